The highest BCUT2D eigenvalue weighted by Crippen LogP contribution is 2.25. The number of nitrogens with zero attached hydrogens (tertiary/aromatic N) is 2. The molecular weight excluding hydrogens is 226 g/mol. The summed E-state index contributed by atoms with van der Waals surface area (Å²) in [5.41, 5.74) is 6.59. The van der Waals surface area contributed by atoms with Crippen LogP contribution in [-0.2, 0) is 0 Å². The molecule has 2 aliphatic rings. The van der Waals surface area contributed by atoms with Crippen LogP contribution in [0.25, 0.3) is 0 Å². The number of carbonyl (C=O) groups is 1. The lowest BCUT2D eigenvalue weighted by atomic mass is 10.1. The maximum Gasteiger partial charge on any atom is 0.254 e. The fraction of sp³-hybridized carbons (Fsp3) is 0.500. The third-order valence-corrected chi connectivity index (χ3v) is 4.11. The lowest BCUT2D eigenvalue weighted by Crippen LogP contribution is -2.56. The van der Waals surface area contributed by atoms with Crippen molar-refractivity contribution in [2.45, 2.75) is 18.5 Å². The van der Waals surface area contributed by atoms with Crippen LogP contribution >= 0.6 is 0 Å². The first-order valence-electron chi connectivity index (χ1n) is 6.59. The van der Waals surface area contributed by atoms with E-state index in [2.05, 4.69) is 4.90 Å². The Kier molecular flexibility index (Phi) is 3.06. The average Bonchev–Trinajstić information content (AvgIpc) is 2.84. The van der Waals surface area contributed by atoms with Crippen molar-refractivity contribution in [1.82, 2.24) is 9.80 Å². The van der Waals surface area contributed by atoms with Gasteiger partial charge < -0.3 is 10.6 Å². The van der Waals surface area contributed by atoms with Crippen molar-refractivity contribution in [3.8, 4) is 0 Å². The number of amides is 1. The van der Waals surface area contributed by atoms with Gasteiger partial charge in [0.15, 0.2) is 0 Å². The molecule has 4 nitrogen and oxygen atoms in total. The normalized spacial score (nSPS) is 30.5. The molecule has 0 saturated carbocycles. The van der Waals surface area contributed by atoms with E-state index >= 15 is 0 Å². The van der Waals surface area contributed by atoms with Crippen LogP contribution in [0.2, 0.25) is 0 Å². The number of benzene rings is 1. The summed E-state index contributed by atoms with van der Waals surface area (Å²) in [6, 6.07) is 10.3. The number of piperazine rings is 1. The monoisotopic (exact) mass is 245 g/mol. The molecule has 1 aromatic rings. The van der Waals surface area contributed by atoms with Crippen molar-refractivity contribution >= 4 is 5.91 Å². The van der Waals surface area contributed by atoms with Gasteiger partial charge >= 0.3 is 0 Å². The predicted octanol–water partition coefficient (Wildman–Crippen LogP) is 0.544. The maximum atomic E-state index is 12.5. The molecule has 1 amide bonds. The SMILES string of the molecule is NC[C@@H]1CN(C(=O)c2ccccc2)[C@H]2CCN1C2. The van der Waals surface area contributed by atoms with Crippen LogP contribution in [0.1, 0.15) is 16.8 Å². The summed E-state index contributed by atoms with van der Waals surface area (Å²) in [5.74, 6) is 0.153. The van der Waals surface area contributed by atoms with E-state index < -0.39 is 0 Å². The van der Waals surface area contributed by atoms with E-state index in [9.17, 15) is 4.79 Å². The molecule has 0 spiro atoms. The molecule has 2 fully saturated rings. The van der Waals surface area contributed by atoms with Crippen LogP contribution in [0.3, 0.4) is 0 Å². The largest absolute Gasteiger partial charge is 0.333 e. The summed E-state index contributed by atoms with van der Waals surface area (Å²) in [4.78, 5) is 17.0. The minimum atomic E-state index is 0.153. The molecule has 4 heteroatoms. The Hall–Kier alpha value is -1.39. The Morgan fingerprint density at radius 2 is 2.06 bits per heavy atom. The summed E-state index contributed by atoms with van der Waals surface area (Å²) in [6.45, 7) is 3.46. The highest BCUT2D eigenvalue weighted by molar-refractivity contribution is 5.94. The number of fused-ring (bicyclic) bond motifs is 2. The zero-order chi connectivity index (χ0) is 12.5. The van der Waals surface area contributed by atoms with Crippen molar-refractivity contribution in [3.63, 3.8) is 0 Å². The summed E-state index contributed by atoms with van der Waals surface area (Å²) < 4.78 is 0. The number of hydrogen-bond acceptors (Lipinski definition) is 3. The summed E-state index contributed by atoms with van der Waals surface area (Å²) in [6.07, 6.45) is 1.08. The van der Waals surface area contributed by atoms with Gasteiger partial charge in [-0.3, -0.25) is 9.69 Å². The molecule has 2 bridgehead atoms. The molecule has 0 radical (unpaired) electrons. The fourth-order valence-electron chi connectivity index (χ4n) is 3.06. The van der Waals surface area contributed by atoms with Gasteiger partial charge in [-0.15, -0.1) is 0 Å². The van der Waals surface area contributed by atoms with Crippen molar-refractivity contribution < 1.29 is 4.79 Å². The number of rotatable bonds is 2. The van der Waals surface area contributed by atoms with Crippen molar-refractivity contribution in [2.75, 3.05) is 26.2 Å². The lowest BCUT2D eigenvalue weighted by molar-refractivity contribution is 0.0507. The fourth-order valence-corrected chi connectivity index (χ4v) is 3.06. The van der Waals surface area contributed by atoms with Gasteiger partial charge in [0, 0.05) is 43.8 Å². The van der Waals surface area contributed by atoms with Crippen LogP contribution < -0.4 is 5.73 Å². The molecule has 0 aliphatic carbocycles. The summed E-state index contributed by atoms with van der Waals surface area (Å²) in [7, 11) is 0. The Morgan fingerprint density at radius 3 is 2.78 bits per heavy atom. The van der Waals surface area contributed by atoms with Gasteiger partial charge in [0.1, 0.15) is 0 Å². The average molecular weight is 245 g/mol. The topological polar surface area (TPSA) is 49.6 Å². The second-order valence-corrected chi connectivity index (χ2v) is 5.15. The minimum absolute atomic E-state index is 0.153. The molecule has 1 aromatic carbocycles. The highest BCUT2D eigenvalue weighted by atomic mass is 16.2. The summed E-state index contributed by atoms with van der Waals surface area (Å²) >= 11 is 0. The third kappa shape index (κ3) is 1.91. The van der Waals surface area contributed by atoms with E-state index in [1.807, 2.05) is 35.2 Å². The predicted molar refractivity (Wildman–Crippen MR) is 70.3 cm³/mol. The zero-order valence-electron chi connectivity index (χ0n) is 10.5. The van der Waals surface area contributed by atoms with Gasteiger partial charge in [0.2, 0.25) is 0 Å². The molecule has 96 valence electrons. The van der Waals surface area contributed by atoms with Gasteiger partial charge in [-0.2, -0.15) is 0 Å². The van der Waals surface area contributed by atoms with Gasteiger partial charge in [-0.25, -0.2) is 0 Å². The van der Waals surface area contributed by atoms with Crippen LogP contribution in [0, 0.1) is 0 Å². The van der Waals surface area contributed by atoms with Crippen molar-refractivity contribution in [3.05, 3.63) is 35.9 Å². The molecule has 3 rings (SSSR count). The van der Waals surface area contributed by atoms with Crippen LogP contribution in [0.15, 0.2) is 30.3 Å². The molecule has 3 atom stereocenters. The first-order chi connectivity index (χ1) is 8.79. The minimum Gasteiger partial charge on any atom is -0.333 e. The smallest absolute Gasteiger partial charge is 0.254 e. The van der Waals surface area contributed by atoms with E-state index in [0.29, 0.717) is 18.6 Å². The van der Waals surface area contributed by atoms with Gasteiger partial charge in [-0.05, 0) is 18.6 Å². The number of carbonyl (C=O) groups excluding carboxylic acids is 1. The van der Waals surface area contributed by atoms with E-state index in [-0.39, 0.29) is 5.91 Å². The Bertz CT molecular complexity index is 434. The second-order valence-electron chi connectivity index (χ2n) is 5.15. The van der Waals surface area contributed by atoms with Gasteiger partial charge in [-0.1, -0.05) is 18.2 Å². The third-order valence-electron chi connectivity index (χ3n) is 4.11. The standard InChI is InChI=1S/C14H19N3O/c15-8-13-10-17(12-6-7-16(13)9-12)14(18)11-4-2-1-3-5-11/h1-5,12-13H,6-10,15H2/t12-,13+/m0/s1. The zero-order valence-corrected chi connectivity index (χ0v) is 10.5. The second kappa shape index (κ2) is 4.71. The highest BCUT2D eigenvalue weighted by Gasteiger charge is 2.40. The Balaban J connectivity index is 1.81. The Labute approximate surface area is 107 Å². The van der Waals surface area contributed by atoms with E-state index in [1.54, 1.807) is 0 Å². The van der Waals surface area contributed by atoms with E-state index in [1.165, 1.54) is 0 Å². The molecule has 2 aliphatic heterocycles. The quantitative estimate of drug-likeness (QED) is 0.827. The van der Waals surface area contributed by atoms with Crippen LogP contribution in [-0.4, -0.2) is 54.0 Å². The first-order valence-corrected chi connectivity index (χ1v) is 6.59. The maximum absolute atomic E-state index is 12.5. The number of hydrogen-bond donors (Lipinski definition) is 1. The number of nitrogens with two attached hydrogens (primary N) is 1. The first kappa shape index (κ1) is 11.7. The van der Waals surface area contributed by atoms with Crippen LogP contribution in [0.4, 0.5) is 0 Å². The summed E-state index contributed by atoms with van der Waals surface area (Å²) in [5, 5.41) is 0. The molecule has 18 heavy (non-hydrogen) atoms. The molecule has 2 heterocycles. The molecule has 0 aromatic heterocycles. The van der Waals surface area contributed by atoms with Crippen molar-refractivity contribution in [2.24, 2.45) is 5.73 Å². The molecule has 1 unspecified atom stereocenters. The Morgan fingerprint density at radius 1 is 1.28 bits per heavy atom. The van der Waals surface area contributed by atoms with Crippen molar-refractivity contribution in [1.29, 1.82) is 0 Å². The van der Waals surface area contributed by atoms with Gasteiger partial charge in [0.25, 0.3) is 5.91 Å². The molecule has 2 saturated heterocycles. The van der Waals surface area contributed by atoms with E-state index in [4.69, 9.17) is 5.73 Å². The van der Waals surface area contributed by atoms with Crippen LogP contribution in [0.5, 0.6) is 0 Å². The van der Waals surface area contributed by atoms with Gasteiger partial charge in [0.05, 0.1) is 0 Å². The lowest BCUT2D eigenvalue weighted by Gasteiger charge is -2.39. The molecular formula is C14H19N3O. The molecule has 2 N–H and O–H groups in total. The van der Waals surface area contributed by atoms with E-state index in [0.717, 1.165) is 31.6 Å².